The number of fused-ring (bicyclic) bond motifs is 1. The molecule has 3 heteroatoms. The predicted molar refractivity (Wildman–Crippen MR) is 85.2 cm³/mol. The van der Waals surface area contributed by atoms with Gasteiger partial charge in [0.1, 0.15) is 12.4 Å². The van der Waals surface area contributed by atoms with Gasteiger partial charge in [0.05, 0.1) is 12.7 Å². The zero-order valence-electron chi connectivity index (χ0n) is 12.8. The average Bonchev–Trinajstić information content (AvgIpc) is 2.59. The number of rotatable bonds is 4. The van der Waals surface area contributed by atoms with Gasteiger partial charge in [-0.25, -0.2) is 4.79 Å². The van der Waals surface area contributed by atoms with Gasteiger partial charge in [-0.1, -0.05) is 24.3 Å². The van der Waals surface area contributed by atoms with Crippen molar-refractivity contribution in [1.82, 2.24) is 0 Å². The second kappa shape index (κ2) is 6.65. The summed E-state index contributed by atoms with van der Waals surface area (Å²) in [7, 11) is 1.39. The molecule has 0 saturated heterocycles. The van der Waals surface area contributed by atoms with Gasteiger partial charge in [-0.15, -0.1) is 0 Å². The topological polar surface area (TPSA) is 35.5 Å². The molecule has 0 aromatic heterocycles. The molecular formula is C19H20O3. The molecule has 0 aliphatic heterocycles. The SMILES string of the molecule is COC(=O)c1ccccc1COc1ccc2c(c1)CCCC2. The Morgan fingerprint density at radius 1 is 1.05 bits per heavy atom. The van der Waals surface area contributed by atoms with Crippen LogP contribution in [0.2, 0.25) is 0 Å². The first-order valence-electron chi connectivity index (χ1n) is 7.69. The average molecular weight is 296 g/mol. The second-order valence-corrected chi connectivity index (χ2v) is 5.58. The van der Waals surface area contributed by atoms with E-state index in [4.69, 9.17) is 9.47 Å². The Labute approximate surface area is 130 Å². The largest absolute Gasteiger partial charge is 0.489 e. The molecule has 0 atom stereocenters. The van der Waals surface area contributed by atoms with Crippen LogP contribution in [0.25, 0.3) is 0 Å². The quantitative estimate of drug-likeness (QED) is 0.802. The normalized spacial score (nSPS) is 13.3. The van der Waals surface area contributed by atoms with Gasteiger partial charge in [-0.05, 0) is 55.0 Å². The number of carbonyl (C=O) groups excluding carboxylic acids is 1. The van der Waals surface area contributed by atoms with Crippen molar-refractivity contribution in [3.05, 3.63) is 64.7 Å². The number of esters is 1. The van der Waals surface area contributed by atoms with Crippen LogP contribution in [0.3, 0.4) is 0 Å². The Balaban J connectivity index is 1.74. The maximum Gasteiger partial charge on any atom is 0.338 e. The summed E-state index contributed by atoms with van der Waals surface area (Å²) in [5, 5.41) is 0. The van der Waals surface area contributed by atoms with Crippen LogP contribution in [-0.2, 0) is 24.2 Å². The third-order valence-corrected chi connectivity index (χ3v) is 4.14. The Morgan fingerprint density at radius 3 is 2.64 bits per heavy atom. The van der Waals surface area contributed by atoms with E-state index < -0.39 is 0 Å². The van der Waals surface area contributed by atoms with E-state index in [9.17, 15) is 4.79 Å². The monoisotopic (exact) mass is 296 g/mol. The van der Waals surface area contributed by atoms with Gasteiger partial charge in [0.2, 0.25) is 0 Å². The summed E-state index contributed by atoms with van der Waals surface area (Å²) in [6, 6.07) is 13.7. The van der Waals surface area contributed by atoms with Crippen molar-refractivity contribution < 1.29 is 14.3 Å². The van der Waals surface area contributed by atoms with E-state index in [1.54, 1.807) is 6.07 Å². The van der Waals surface area contributed by atoms with E-state index in [1.165, 1.54) is 37.5 Å². The molecule has 0 spiro atoms. The summed E-state index contributed by atoms with van der Waals surface area (Å²) >= 11 is 0. The van der Waals surface area contributed by atoms with Crippen molar-refractivity contribution in [3.8, 4) is 5.75 Å². The highest BCUT2D eigenvalue weighted by Crippen LogP contribution is 2.26. The van der Waals surface area contributed by atoms with Gasteiger partial charge in [-0.3, -0.25) is 0 Å². The van der Waals surface area contributed by atoms with E-state index in [0.29, 0.717) is 12.2 Å². The molecule has 1 aliphatic rings. The van der Waals surface area contributed by atoms with E-state index in [1.807, 2.05) is 24.3 Å². The first-order valence-corrected chi connectivity index (χ1v) is 7.69. The number of benzene rings is 2. The van der Waals surface area contributed by atoms with Crippen LogP contribution < -0.4 is 4.74 Å². The summed E-state index contributed by atoms with van der Waals surface area (Å²) in [6.07, 6.45) is 4.83. The van der Waals surface area contributed by atoms with E-state index in [0.717, 1.165) is 17.7 Å². The smallest absolute Gasteiger partial charge is 0.338 e. The van der Waals surface area contributed by atoms with Crippen LogP contribution >= 0.6 is 0 Å². The third kappa shape index (κ3) is 3.14. The van der Waals surface area contributed by atoms with Crippen LogP contribution in [0.5, 0.6) is 5.75 Å². The maximum atomic E-state index is 11.8. The molecule has 0 N–H and O–H groups in total. The lowest BCUT2D eigenvalue weighted by atomic mass is 9.92. The van der Waals surface area contributed by atoms with Gasteiger partial charge in [0, 0.05) is 5.56 Å². The first-order chi connectivity index (χ1) is 10.8. The molecule has 22 heavy (non-hydrogen) atoms. The molecule has 0 saturated carbocycles. The third-order valence-electron chi connectivity index (χ3n) is 4.14. The van der Waals surface area contributed by atoms with Gasteiger partial charge in [0.15, 0.2) is 0 Å². The van der Waals surface area contributed by atoms with Crippen molar-refractivity contribution in [2.75, 3.05) is 7.11 Å². The fourth-order valence-electron chi connectivity index (χ4n) is 2.92. The lowest BCUT2D eigenvalue weighted by Gasteiger charge is -2.17. The number of aryl methyl sites for hydroxylation is 2. The van der Waals surface area contributed by atoms with Gasteiger partial charge >= 0.3 is 5.97 Å². The summed E-state index contributed by atoms with van der Waals surface area (Å²) in [5.74, 6) is 0.532. The Kier molecular flexibility index (Phi) is 4.42. The molecule has 0 heterocycles. The molecular weight excluding hydrogens is 276 g/mol. The fraction of sp³-hybridized carbons (Fsp3) is 0.316. The Hall–Kier alpha value is -2.29. The Bertz CT molecular complexity index is 676. The first kappa shape index (κ1) is 14.6. The summed E-state index contributed by atoms with van der Waals surface area (Å²) in [5.41, 5.74) is 4.23. The van der Waals surface area contributed by atoms with Crippen molar-refractivity contribution in [2.24, 2.45) is 0 Å². The van der Waals surface area contributed by atoms with Crippen LogP contribution in [0, 0.1) is 0 Å². The van der Waals surface area contributed by atoms with E-state index in [2.05, 4.69) is 12.1 Å². The molecule has 0 fully saturated rings. The number of methoxy groups -OCH3 is 1. The number of hydrogen-bond donors (Lipinski definition) is 0. The molecule has 0 radical (unpaired) electrons. The molecule has 114 valence electrons. The van der Waals surface area contributed by atoms with E-state index >= 15 is 0 Å². The van der Waals surface area contributed by atoms with Crippen molar-refractivity contribution in [3.63, 3.8) is 0 Å². The standard InChI is InChI=1S/C19H20O3/c1-21-19(20)18-9-5-4-8-16(18)13-22-17-11-10-14-6-2-3-7-15(14)12-17/h4-5,8-12H,2-3,6-7,13H2,1H3. The number of carbonyl (C=O) groups is 1. The molecule has 2 aromatic rings. The minimum Gasteiger partial charge on any atom is -0.489 e. The number of hydrogen-bond acceptors (Lipinski definition) is 3. The maximum absolute atomic E-state index is 11.8. The van der Waals surface area contributed by atoms with Gasteiger partial charge in [-0.2, -0.15) is 0 Å². The zero-order valence-corrected chi connectivity index (χ0v) is 12.8. The molecule has 0 unspecified atom stereocenters. The highest BCUT2D eigenvalue weighted by atomic mass is 16.5. The van der Waals surface area contributed by atoms with Crippen molar-refractivity contribution in [2.45, 2.75) is 32.3 Å². The summed E-state index contributed by atoms with van der Waals surface area (Å²) in [4.78, 5) is 11.8. The summed E-state index contributed by atoms with van der Waals surface area (Å²) < 4.78 is 10.7. The second-order valence-electron chi connectivity index (χ2n) is 5.58. The fourth-order valence-corrected chi connectivity index (χ4v) is 2.92. The van der Waals surface area contributed by atoms with Crippen LogP contribution in [0.1, 0.15) is 39.9 Å². The van der Waals surface area contributed by atoms with Crippen LogP contribution in [-0.4, -0.2) is 13.1 Å². The molecule has 0 amide bonds. The highest BCUT2D eigenvalue weighted by Gasteiger charge is 2.13. The molecule has 0 bridgehead atoms. The van der Waals surface area contributed by atoms with Crippen molar-refractivity contribution >= 4 is 5.97 Å². The molecule has 1 aliphatic carbocycles. The van der Waals surface area contributed by atoms with Crippen LogP contribution in [0.15, 0.2) is 42.5 Å². The lowest BCUT2D eigenvalue weighted by molar-refractivity contribution is 0.0597. The van der Waals surface area contributed by atoms with Crippen LogP contribution in [0.4, 0.5) is 0 Å². The molecule has 2 aromatic carbocycles. The highest BCUT2D eigenvalue weighted by molar-refractivity contribution is 5.90. The van der Waals surface area contributed by atoms with Gasteiger partial charge < -0.3 is 9.47 Å². The molecule has 3 rings (SSSR count). The zero-order chi connectivity index (χ0) is 15.4. The van der Waals surface area contributed by atoms with E-state index in [-0.39, 0.29) is 5.97 Å². The van der Waals surface area contributed by atoms with Crippen molar-refractivity contribution in [1.29, 1.82) is 0 Å². The minimum atomic E-state index is -0.329. The Morgan fingerprint density at radius 2 is 1.82 bits per heavy atom. The molecule has 3 nitrogen and oxygen atoms in total. The minimum absolute atomic E-state index is 0.329. The lowest BCUT2D eigenvalue weighted by Crippen LogP contribution is -2.08. The van der Waals surface area contributed by atoms with Gasteiger partial charge in [0.25, 0.3) is 0 Å². The predicted octanol–water partition coefficient (Wildman–Crippen LogP) is 3.93. The summed E-state index contributed by atoms with van der Waals surface area (Å²) in [6.45, 7) is 0.365. The number of ether oxygens (including phenoxy) is 2.